The van der Waals surface area contributed by atoms with Crippen molar-refractivity contribution in [3.05, 3.63) is 0 Å². The third-order valence-corrected chi connectivity index (χ3v) is 3.59. The number of aldehydes is 1. The molecule has 0 aromatic rings. The number of rotatable bonds is 2. The molecule has 2 aliphatic rings. The maximum atomic E-state index is 10.7. The van der Waals surface area contributed by atoms with E-state index < -0.39 is 0 Å². The number of aliphatic hydroxyl groups excluding tert-OH is 1. The van der Waals surface area contributed by atoms with Gasteiger partial charge in [0.2, 0.25) is 0 Å². The van der Waals surface area contributed by atoms with Crippen molar-refractivity contribution in [3.8, 4) is 0 Å². The van der Waals surface area contributed by atoms with Crippen LogP contribution in [0.5, 0.6) is 0 Å². The number of likely N-dealkylation sites (tertiary alicyclic amines) is 1. The second-order valence-corrected chi connectivity index (χ2v) is 4.60. The van der Waals surface area contributed by atoms with Crippen molar-refractivity contribution in [1.29, 1.82) is 0 Å². The summed E-state index contributed by atoms with van der Waals surface area (Å²) in [4.78, 5) is 13.0. The second kappa shape index (κ2) is 4.41. The molecule has 1 N–H and O–H groups in total. The van der Waals surface area contributed by atoms with Gasteiger partial charge in [0, 0.05) is 18.5 Å². The first-order chi connectivity index (χ1) is 6.81. The fourth-order valence-corrected chi connectivity index (χ4v) is 2.80. The molecule has 1 heterocycles. The van der Waals surface area contributed by atoms with E-state index >= 15 is 0 Å². The average Bonchev–Trinajstić information content (AvgIpc) is 2.65. The van der Waals surface area contributed by atoms with Gasteiger partial charge in [-0.25, -0.2) is 0 Å². The Morgan fingerprint density at radius 3 is 2.71 bits per heavy atom. The van der Waals surface area contributed by atoms with Gasteiger partial charge in [-0.2, -0.15) is 0 Å². The zero-order chi connectivity index (χ0) is 9.97. The SMILES string of the molecule is O=CC1CCCN(C2CCCC2O)C1. The smallest absolute Gasteiger partial charge is 0.124 e. The quantitative estimate of drug-likeness (QED) is 0.666. The minimum Gasteiger partial charge on any atom is -0.391 e. The summed E-state index contributed by atoms with van der Waals surface area (Å²) in [6.07, 6.45) is 6.23. The van der Waals surface area contributed by atoms with Crippen LogP contribution in [0.15, 0.2) is 0 Å². The van der Waals surface area contributed by atoms with Crippen molar-refractivity contribution in [3.63, 3.8) is 0 Å². The molecule has 0 amide bonds. The number of nitrogens with zero attached hydrogens (tertiary/aromatic N) is 1. The molecular formula is C11H19NO2. The highest BCUT2D eigenvalue weighted by Crippen LogP contribution is 2.27. The zero-order valence-corrected chi connectivity index (χ0v) is 8.56. The Bertz CT molecular complexity index is 207. The van der Waals surface area contributed by atoms with Crippen molar-refractivity contribution in [2.75, 3.05) is 13.1 Å². The first kappa shape index (κ1) is 10.1. The Hall–Kier alpha value is -0.410. The summed E-state index contributed by atoms with van der Waals surface area (Å²) in [6.45, 7) is 1.93. The lowest BCUT2D eigenvalue weighted by molar-refractivity contribution is -0.113. The molecule has 0 aromatic carbocycles. The molecule has 3 atom stereocenters. The van der Waals surface area contributed by atoms with E-state index in [1.54, 1.807) is 0 Å². The second-order valence-electron chi connectivity index (χ2n) is 4.60. The van der Waals surface area contributed by atoms with Gasteiger partial charge in [0.05, 0.1) is 6.10 Å². The van der Waals surface area contributed by atoms with Gasteiger partial charge < -0.3 is 9.90 Å². The molecule has 14 heavy (non-hydrogen) atoms. The fraction of sp³-hybridized carbons (Fsp3) is 0.909. The molecule has 2 rings (SSSR count). The molecule has 80 valence electrons. The van der Waals surface area contributed by atoms with Gasteiger partial charge >= 0.3 is 0 Å². The zero-order valence-electron chi connectivity index (χ0n) is 8.56. The van der Waals surface area contributed by atoms with E-state index in [1.807, 2.05) is 0 Å². The lowest BCUT2D eigenvalue weighted by Crippen LogP contribution is -2.46. The lowest BCUT2D eigenvalue weighted by Gasteiger charge is -2.36. The molecule has 2 fully saturated rings. The molecule has 1 saturated heterocycles. The molecule has 0 radical (unpaired) electrons. The topological polar surface area (TPSA) is 40.5 Å². The molecule has 0 aromatic heterocycles. The molecule has 0 spiro atoms. The van der Waals surface area contributed by atoms with Crippen LogP contribution in [-0.4, -0.2) is 41.5 Å². The minimum atomic E-state index is -0.152. The molecular weight excluding hydrogens is 178 g/mol. The highest BCUT2D eigenvalue weighted by atomic mass is 16.3. The summed E-state index contributed by atoms with van der Waals surface area (Å²) in [6, 6.07) is 0.331. The van der Waals surface area contributed by atoms with Crippen LogP contribution < -0.4 is 0 Å². The number of carbonyl (C=O) groups is 1. The normalized spacial score (nSPS) is 39.9. The number of carbonyl (C=O) groups excluding carboxylic acids is 1. The largest absolute Gasteiger partial charge is 0.391 e. The van der Waals surface area contributed by atoms with E-state index in [0.717, 1.165) is 51.5 Å². The summed E-state index contributed by atoms with van der Waals surface area (Å²) < 4.78 is 0. The van der Waals surface area contributed by atoms with Gasteiger partial charge in [-0.3, -0.25) is 4.90 Å². The molecule has 0 bridgehead atoms. The molecule has 3 unspecified atom stereocenters. The van der Waals surface area contributed by atoms with Gasteiger partial charge in [0.15, 0.2) is 0 Å². The van der Waals surface area contributed by atoms with Crippen LogP contribution in [-0.2, 0) is 4.79 Å². The van der Waals surface area contributed by atoms with Crippen molar-refractivity contribution < 1.29 is 9.90 Å². The predicted molar refractivity (Wildman–Crippen MR) is 54.0 cm³/mol. The molecule has 3 heteroatoms. The van der Waals surface area contributed by atoms with E-state index in [1.165, 1.54) is 0 Å². The number of aliphatic hydroxyl groups is 1. The summed E-state index contributed by atoms with van der Waals surface area (Å²) >= 11 is 0. The van der Waals surface area contributed by atoms with Crippen LogP contribution in [0.3, 0.4) is 0 Å². The third-order valence-electron chi connectivity index (χ3n) is 3.59. The highest BCUT2D eigenvalue weighted by molar-refractivity contribution is 5.53. The minimum absolute atomic E-state index is 0.152. The van der Waals surface area contributed by atoms with Gasteiger partial charge in [0.1, 0.15) is 6.29 Å². The van der Waals surface area contributed by atoms with Crippen molar-refractivity contribution in [2.45, 2.75) is 44.2 Å². The maximum Gasteiger partial charge on any atom is 0.124 e. The summed E-state index contributed by atoms with van der Waals surface area (Å²) in [5, 5.41) is 9.77. The molecule has 3 nitrogen and oxygen atoms in total. The number of piperidine rings is 1. The van der Waals surface area contributed by atoms with Crippen LogP contribution in [0.2, 0.25) is 0 Å². The Balaban J connectivity index is 1.93. The predicted octanol–water partition coefficient (Wildman–Crippen LogP) is 0.811. The fourth-order valence-electron chi connectivity index (χ4n) is 2.80. The van der Waals surface area contributed by atoms with Crippen LogP contribution in [0, 0.1) is 5.92 Å². The summed E-state index contributed by atoms with van der Waals surface area (Å²) in [5.41, 5.74) is 0. The van der Waals surface area contributed by atoms with E-state index in [0.29, 0.717) is 6.04 Å². The Morgan fingerprint density at radius 1 is 1.21 bits per heavy atom. The average molecular weight is 197 g/mol. The van der Waals surface area contributed by atoms with Crippen LogP contribution >= 0.6 is 0 Å². The van der Waals surface area contributed by atoms with E-state index in [4.69, 9.17) is 0 Å². The molecule has 1 saturated carbocycles. The van der Waals surface area contributed by atoms with Crippen LogP contribution in [0.25, 0.3) is 0 Å². The first-order valence-electron chi connectivity index (χ1n) is 5.68. The lowest BCUT2D eigenvalue weighted by atomic mass is 9.97. The monoisotopic (exact) mass is 197 g/mol. The molecule has 1 aliphatic heterocycles. The summed E-state index contributed by atoms with van der Waals surface area (Å²) in [5.74, 6) is 0.205. The standard InChI is InChI=1S/C11H19NO2/c13-8-9-3-2-6-12(7-9)10-4-1-5-11(10)14/h8-11,14H,1-7H2. The van der Waals surface area contributed by atoms with Crippen molar-refractivity contribution in [1.82, 2.24) is 4.90 Å². The highest BCUT2D eigenvalue weighted by Gasteiger charge is 2.33. The number of hydrogen-bond acceptors (Lipinski definition) is 3. The van der Waals surface area contributed by atoms with Crippen molar-refractivity contribution >= 4 is 6.29 Å². The summed E-state index contributed by atoms with van der Waals surface area (Å²) in [7, 11) is 0. The first-order valence-corrected chi connectivity index (χ1v) is 5.68. The van der Waals surface area contributed by atoms with Gasteiger partial charge in [-0.1, -0.05) is 0 Å². The molecule has 1 aliphatic carbocycles. The van der Waals surface area contributed by atoms with Gasteiger partial charge in [-0.05, 0) is 38.6 Å². The Kier molecular flexibility index (Phi) is 3.19. The van der Waals surface area contributed by atoms with E-state index in [2.05, 4.69) is 4.90 Å². The van der Waals surface area contributed by atoms with E-state index in [9.17, 15) is 9.90 Å². The number of hydrogen-bond donors (Lipinski definition) is 1. The third kappa shape index (κ3) is 1.98. The van der Waals surface area contributed by atoms with E-state index in [-0.39, 0.29) is 12.0 Å². The Morgan fingerprint density at radius 2 is 2.07 bits per heavy atom. The van der Waals surface area contributed by atoms with Gasteiger partial charge in [-0.15, -0.1) is 0 Å². The van der Waals surface area contributed by atoms with Gasteiger partial charge in [0.25, 0.3) is 0 Å². The van der Waals surface area contributed by atoms with Crippen molar-refractivity contribution in [2.24, 2.45) is 5.92 Å². The maximum absolute atomic E-state index is 10.7. The Labute approximate surface area is 85.1 Å². The van der Waals surface area contributed by atoms with Crippen LogP contribution in [0.1, 0.15) is 32.1 Å². The van der Waals surface area contributed by atoms with Crippen LogP contribution in [0.4, 0.5) is 0 Å².